The van der Waals surface area contributed by atoms with Gasteiger partial charge in [0.1, 0.15) is 0 Å². The summed E-state index contributed by atoms with van der Waals surface area (Å²) in [4.78, 5) is 2.54. The third-order valence-electron chi connectivity index (χ3n) is 4.06. The Hall–Kier alpha value is -0.860. The summed E-state index contributed by atoms with van der Waals surface area (Å²) in [5.74, 6) is 0. The molecular weight excluding hydrogens is 220 g/mol. The number of nitrogens with zero attached hydrogens (tertiary/aromatic N) is 1. The van der Waals surface area contributed by atoms with Crippen LogP contribution in [-0.2, 0) is 6.42 Å². The molecule has 2 nitrogen and oxygen atoms in total. The van der Waals surface area contributed by atoms with Crippen molar-refractivity contribution in [3.8, 4) is 0 Å². The maximum atomic E-state index is 3.67. The fraction of sp³-hybridized carbons (Fsp3) is 0.625. The van der Waals surface area contributed by atoms with Crippen molar-refractivity contribution < 1.29 is 0 Å². The monoisotopic (exact) mass is 246 g/mol. The van der Waals surface area contributed by atoms with Crippen molar-refractivity contribution in [1.29, 1.82) is 0 Å². The molecule has 2 unspecified atom stereocenters. The smallest absolute Gasteiger partial charge is 0.0483 e. The Bertz CT molecular complexity index is 375. The first-order chi connectivity index (χ1) is 8.77. The van der Waals surface area contributed by atoms with Gasteiger partial charge in [-0.2, -0.15) is 0 Å². The largest absolute Gasteiger partial charge is 0.309 e. The lowest BCUT2D eigenvalue weighted by atomic mass is 10.1. The van der Waals surface area contributed by atoms with Gasteiger partial charge in [-0.15, -0.1) is 0 Å². The fourth-order valence-corrected chi connectivity index (χ4v) is 3.02. The van der Waals surface area contributed by atoms with Crippen molar-refractivity contribution in [1.82, 2.24) is 10.2 Å². The molecule has 0 bridgehead atoms. The van der Waals surface area contributed by atoms with Crippen LogP contribution in [0.25, 0.3) is 0 Å². The van der Waals surface area contributed by atoms with Gasteiger partial charge in [0.2, 0.25) is 0 Å². The number of benzene rings is 1. The highest BCUT2D eigenvalue weighted by atomic mass is 15.2. The van der Waals surface area contributed by atoms with Gasteiger partial charge in [0.15, 0.2) is 0 Å². The van der Waals surface area contributed by atoms with Crippen LogP contribution >= 0.6 is 0 Å². The normalized spacial score (nSPS) is 22.4. The Balaban J connectivity index is 2.12. The van der Waals surface area contributed by atoms with Crippen LogP contribution < -0.4 is 5.32 Å². The van der Waals surface area contributed by atoms with E-state index < -0.39 is 0 Å². The summed E-state index contributed by atoms with van der Waals surface area (Å²) in [6.45, 7) is 6.71. The quantitative estimate of drug-likeness (QED) is 0.830. The molecule has 1 aromatic rings. The number of rotatable bonds is 6. The van der Waals surface area contributed by atoms with Crippen LogP contribution in [0.2, 0.25) is 0 Å². The predicted molar refractivity (Wildman–Crippen MR) is 77.9 cm³/mol. The lowest BCUT2D eigenvalue weighted by Gasteiger charge is -2.30. The van der Waals surface area contributed by atoms with Crippen molar-refractivity contribution in [2.75, 3.05) is 20.1 Å². The van der Waals surface area contributed by atoms with E-state index in [4.69, 9.17) is 0 Å². The summed E-state index contributed by atoms with van der Waals surface area (Å²) in [7, 11) is 2.27. The second kappa shape index (κ2) is 6.35. The maximum absolute atomic E-state index is 3.67. The molecule has 0 heterocycles. The summed E-state index contributed by atoms with van der Waals surface area (Å²) in [5.41, 5.74) is 3.03. The van der Waals surface area contributed by atoms with Gasteiger partial charge in [-0.25, -0.2) is 0 Å². The number of unbranched alkanes of at least 4 members (excludes halogenated alkanes) is 1. The van der Waals surface area contributed by atoms with Gasteiger partial charge < -0.3 is 10.2 Å². The van der Waals surface area contributed by atoms with E-state index in [1.165, 1.54) is 36.9 Å². The molecule has 0 aromatic heterocycles. The third-order valence-corrected chi connectivity index (χ3v) is 4.06. The SMILES string of the molecule is CCCCN(C)C1Cc2ccccc2C1NCC. The minimum atomic E-state index is 0.507. The Morgan fingerprint density at radius 3 is 2.78 bits per heavy atom. The number of fused-ring (bicyclic) bond motifs is 1. The maximum Gasteiger partial charge on any atom is 0.0483 e. The van der Waals surface area contributed by atoms with Crippen molar-refractivity contribution in [2.45, 2.75) is 45.2 Å². The Labute approximate surface area is 111 Å². The van der Waals surface area contributed by atoms with Crippen LogP contribution in [0.15, 0.2) is 24.3 Å². The first-order valence-electron chi connectivity index (χ1n) is 7.29. The number of hydrogen-bond acceptors (Lipinski definition) is 2. The summed E-state index contributed by atoms with van der Waals surface area (Å²) >= 11 is 0. The zero-order valence-electron chi connectivity index (χ0n) is 11.9. The molecule has 0 saturated heterocycles. The van der Waals surface area contributed by atoms with Crippen LogP contribution in [0.5, 0.6) is 0 Å². The molecule has 0 saturated carbocycles. The van der Waals surface area contributed by atoms with Crippen molar-refractivity contribution in [3.63, 3.8) is 0 Å². The van der Waals surface area contributed by atoms with E-state index in [1.54, 1.807) is 0 Å². The fourth-order valence-electron chi connectivity index (χ4n) is 3.02. The minimum Gasteiger partial charge on any atom is -0.309 e. The zero-order chi connectivity index (χ0) is 13.0. The third kappa shape index (κ3) is 2.76. The molecule has 18 heavy (non-hydrogen) atoms. The van der Waals surface area contributed by atoms with E-state index in [0.717, 1.165) is 6.54 Å². The summed E-state index contributed by atoms with van der Waals surface area (Å²) in [6.07, 6.45) is 3.76. The van der Waals surface area contributed by atoms with Crippen LogP contribution in [0.1, 0.15) is 43.9 Å². The first kappa shape index (κ1) is 13.6. The molecule has 0 radical (unpaired) electrons. The highest BCUT2D eigenvalue weighted by Gasteiger charge is 2.33. The van der Waals surface area contributed by atoms with Crippen LogP contribution in [-0.4, -0.2) is 31.1 Å². The van der Waals surface area contributed by atoms with E-state index >= 15 is 0 Å². The number of hydrogen-bond donors (Lipinski definition) is 1. The molecule has 1 aliphatic rings. The minimum absolute atomic E-state index is 0.507. The first-order valence-corrected chi connectivity index (χ1v) is 7.29. The van der Waals surface area contributed by atoms with Crippen LogP contribution in [0.3, 0.4) is 0 Å². The lowest BCUT2D eigenvalue weighted by Crippen LogP contribution is -2.41. The molecule has 1 aliphatic carbocycles. The zero-order valence-corrected chi connectivity index (χ0v) is 11.9. The molecule has 1 aromatic carbocycles. The molecule has 2 atom stereocenters. The molecule has 0 fully saturated rings. The highest BCUT2D eigenvalue weighted by molar-refractivity contribution is 5.37. The van der Waals surface area contributed by atoms with Gasteiger partial charge in [0, 0.05) is 12.1 Å². The van der Waals surface area contributed by atoms with Crippen LogP contribution in [0, 0.1) is 0 Å². The van der Waals surface area contributed by atoms with E-state index in [9.17, 15) is 0 Å². The summed E-state index contributed by atoms with van der Waals surface area (Å²) < 4.78 is 0. The van der Waals surface area contributed by atoms with E-state index in [1.807, 2.05) is 0 Å². The summed E-state index contributed by atoms with van der Waals surface area (Å²) in [6, 6.07) is 10.0. The standard InChI is InChI=1S/C16H26N2/c1-4-6-11-18(3)15-12-13-9-7-8-10-14(13)16(15)17-5-2/h7-10,15-17H,4-6,11-12H2,1-3H3. The number of likely N-dealkylation sites (N-methyl/N-ethyl adjacent to an activating group) is 2. The topological polar surface area (TPSA) is 15.3 Å². The van der Waals surface area contributed by atoms with E-state index in [-0.39, 0.29) is 0 Å². The van der Waals surface area contributed by atoms with Crippen molar-refractivity contribution in [3.05, 3.63) is 35.4 Å². The second-order valence-corrected chi connectivity index (χ2v) is 5.34. The van der Waals surface area contributed by atoms with Gasteiger partial charge in [0.05, 0.1) is 0 Å². The molecule has 0 aliphatic heterocycles. The molecule has 2 heteroatoms. The van der Waals surface area contributed by atoms with Gasteiger partial charge in [-0.3, -0.25) is 0 Å². The Kier molecular flexibility index (Phi) is 4.79. The predicted octanol–water partition coefficient (Wildman–Crippen LogP) is 2.99. The van der Waals surface area contributed by atoms with Crippen molar-refractivity contribution >= 4 is 0 Å². The Morgan fingerprint density at radius 1 is 1.28 bits per heavy atom. The van der Waals surface area contributed by atoms with E-state index in [2.05, 4.69) is 55.4 Å². The Morgan fingerprint density at radius 2 is 2.06 bits per heavy atom. The van der Waals surface area contributed by atoms with Gasteiger partial charge >= 0.3 is 0 Å². The molecule has 0 amide bonds. The lowest BCUT2D eigenvalue weighted by molar-refractivity contribution is 0.202. The highest BCUT2D eigenvalue weighted by Crippen LogP contribution is 2.33. The average molecular weight is 246 g/mol. The summed E-state index contributed by atoms with van der Waals surface area (Å²) in [5, 5.41) is 3.67. The van der Waals surface area contributed by atoms with Crippen molar-refractivity contribution in [2.24, 2.45) is 0 Å². The van der Waals surface area contributed by atoms with E-state index in [0.29, 0.717) is 12.1 Å². The van der Waals surface area contributed by atoms with Gasteiger partial charge in [-0.05, 0) is 44.1 Å². The van der Waals surface area contributed by atoms with Gasteiger partial charge in [-0.1, -0.05) is 44.5 Å². The molecule has 0 spiro atoms. The molecule has 1 N–H and O–H groups in total. The number of nitrogens with one attached hydrogen (secondary N) is 1. The van der Waals surface area contributed by atoms with Crippen LogP contribution in [0.4, 0.5) is 0 Å². The molecule has 2 rings (SSSR count). The van der Waals surface area contributed by atoms with Gasteiger partial charge in [0.25, 0.3) is 0 Å². The average Bonchev–Trinajstić information content (AvgIpc) is 2.76. The second-order valence-electron chi connectivity index (χ2n) is 5.34. The molecular formula is C16H26N2. The molecule has 100 valence electrons.